The van der Waals surface area contributed by atoms with Crippen molar-refractivity contribution in [3.8, 4) is 0 Å². The van der Waals surface area contributed by atoms with Gasteiger partial charge in [0.2, 0.25) is 5.91 Å². The van der Waals surface area contributed by atoms with Gasteiger partial charge in [0.15, 0.2) is 0 Å². The van der Waals surface area contributed by atoms with E-state index in [1.165, 1.54) is 0 Å². The summed E-state index contributed by atoms with van der Waals surface area (Å²) in [5.41, 5.74) is 0. The molecule has 0 spiro atoms. The van der Waals surface area contributed by atoms with Crippen LogP contribution >= 0.6 is 11.8 Å². The number of carbonyl (C=O) groups excluding carboxylic acids is 1. The van der Waals surface area contributed by atoms with Gasteiger partial charge >= 0.3 is 0 Å². The van der Waals surface area contributed by atoms with E-state index in [4.69, 9.17) is 0 Å². The highest BCUT2D eigenvalue weighted by Gasteiger charge is 2.25. The van der Waals surface area contributed by atoms with Crippen LogP contribution in [-0.2, 0) is 4.79 Å². The number of rotatable bonds is 3. The van der Waals surface area contributed by atoms with Crippen molar-refractivity contribution in [1.29, 1.82) is 0 Å². The van der Waals surface area contributed by atoms with Gasteiger partial charge in [-0.2, -0.15) is 11.8 Å². The Balaban J connectivity index is 1.72. The van der Waals surface area contributed by atoms with Gasteiger partial charge in [0, 0.05) is 30.5 Å². The molecule has 1 saturated carbocycles. The maximum atomic E-state index is 11.9. The highest BCUT2D eigenvalue weighted by molar-refractivity contribution is 7.99. The summed E-state index contributed by atoms with van der Waals surface area (Å²) in [5.74, 6) is 2.23. The Hall–Kier alpha value is -0.260. The summed E-state index contributed by atoms with van der Waals surface area (Å²) in [5, 5.41) is 16.1. The van der Waals surface area contributed by atoms with Gasteiger partial charge < -0.3 is 15.7 Å². The molecular formula is C12H22N2O2S. The van der Waals surface area contributed by atoms with Crippen molar-refractivity contribution in [2.75, 3.05) is 18.1 Å². The van der Waals surface area contributed by atoms with Crippen LogP contribution in [0.25, 0.3) is 0 Å². The molecule has 1 amide bonds. The van der Waals surface area contributed by atoms with E-state index in [1.54, 1.807) is 0 Å². The topological polar surface area (TPSA) is 61.4 Å². The molecule has 1 unspecified atom stereocenters. The Morgan fingerprint density at radius 2 is 2.24 bits per heavy atom. The zero-order chi connectivity index (χ0) is 12.1. The van der Waals surface area contributed by atoms with Gasteiger partial charge in [-0.05, 0) is 12.8 Å². The lowest BCUT2D eigenvalue weighted by Gasteiger charge is -2.29. The molecular weight excluding hydrogens is 236 g/mol. The van der Waals surface area contributed by atoms with Crippen molar-refractivity contribution in [3.63, 3.8) is 0 Å². The van der Waals surface area contributed by atoms with Crippen LogP contribution in [0, 0.1) is 0 Å². The molecule has 3 atom stereocenters. The van der Waals surface area contributed by atoms with Crippen LogP contribution in [0.15, 0.2) is 0 Å². The molecule has 2 rings (SSSR count). The van der Waals surface area contributed by atoms with Crippen LogP contribution in [-0.4, -0.2) is 47.3 Å². The first kappa shape index (κ1) is 13.2. The molecule has 0 bridgehead atoms. The summed E-state index contributed by atoms with van der Waals surface area (Å²) in [6, 6.07) is 0.280. The van der Waals surface area contributed by atoms with E-state index in [0.717, 1.165) is 43.7 Å². The minimum atomic E-state index is -0.346. The fourth-order valence-electron chi connectivity index (χ4n) is 2.52. The third-order valence-corrected chi connectivity index (χ3v) is 4.64. The van der Waals surface area contributed by atoms with Gasteiger partial charge in [0.25, 0.3) is 0 Å². The summed E-state index contributed by atoms with van der Waals surface area (Å²) in [6.45, 7) is 0.995. The number of hydrogen-bond donors (Lipinski definition) is 3. The van der Waals surface area contributed by atoms with Gasteiger partial charge in [0.1, 0.15) is 0 Å². The van der Waals surface area contributed by atoms with E-state index in [-0.39, 0.29) is 18.1 Å². The Morgan fingerprint density at radius 1 is 1.41 bits per heavy atom. The summed E-state index contributed by atoms with van der Waals surface area (Å²) < 4.78 is 0. The van der Waals surface area contributed by atoms with Crippen molar-refractivity contribution in [2.24, 2.45) is 0 Å². The predicted octanol–water partition coefficient (Wildman–Crippen LogP) is 0.501. The van der Waals surface area contributed by atoms with Gasteiger partial charge in [-0.1, -0.05) is 12.8 Å². The minimum absolute atomic E-state index is 0.0208. The zero-order valence-corrected chi connectivity index (χ0v) is 11.0. The van der Waals surface area contributed by atoms with E-state index in [9.17, 15) is 9.90 Å². The first-order chi connectivity index (χ1) is 8.25. The molecule has 2 aliphatic rings. The Labute approximate surface area is 107 Å². The molecule has 1 aliphatic carbocycles. The Kier molecular flexibility index (Phi) is 5.13. The van der Waals surface area contributed by atoms with Crippen LogP contribution in [0.2, 0.25) is 0 Å². The average Bonchev–Trinajstić information content (AvgIpc) is 2.33. The van der Waals surface area contributed by atoms with Crippen molar-refractivity contribution in [2.45, 2.75) is 50.3 Å². The van der Waals surface area contributed by atoms with Crippen LogP contribution in [0.1, 0.15) is 32.1 Å². The molecule has 1 aliphatic heterocycles. The van der Waals surface area contributed by atoms with Gasteiger partial charge in [-0.3, -0.25) is 4.79 Å². The lowest BCUT2D eigenvalue weighted by molar-refractivity contribution is -0.123. The Bertz CT molecular complexity index is 257. The maximum absolute atomic E-state index is 11.9. The van der Waals surface area contributed by atoms with E-state index >= 15 is 0 Å². The van der Waals surface area contributed by atoms with Crippen molar-refractivity contribution < 1.29 is 9.90 Å². The minimum Gasteiger partial charge on any atom is -0.391 e. The SMILES string of the molecule is O=C(CC1CSCCN1)N[C@@H]1CCCC[C@H]1O. The zero-order valence-electron chi connectivity index (χ0n) is 10.2. The molecule has 0 aromatic heterocycles. The van der Waals surface area contributed by atoms with Crippen molar-refractivity contribution in [3.05, 3.63) is 0 Å². The maximum Gasteiger partial charge on any atom is 0.221 e. The lowest BCUT2D eigenvalue weighted by atomic mass is 9.92. The number of amides is 1. The third-order valence-electron chi connectivity index (χ3n) is 3.51. The molecule has 4 nitrogen and oxygen atoms in total. The molecule has 98 valence electrons. The molecule has 2 fully saturated rings. The first-order valence-corrected chi connectivity index (χ1v) is 7.70. The third kappa shape index (κ3) is 4.16. The van der Waals surface area contributed by atoms with E-state index < -0.39 is 0 Å². The molecule has 5 heteroatoms. The number of carbonyl (C=O) groups is 1. The normalized spacial score (nSPS) is 34.3. The standard InChI is InChI=1S/C12H22N2O2S/c15-11-4-2-1-3-10(11)14-12(16)7-9-8-17-6-5-13-9/h9-11,13,15H,1-8H2,(H,14,16)/t9?,10-,11-/m1/s1. The summed E-state index contributed by atoms with van der Waals surface area (Å²) in [6.07, 6.45) is 4.12. The average molecular weight is 258 g/mol. The molecule has 17 heavy (non-hydrogen) atoms. The second-order valence-electron chi connectivity index (χ2n) is 4.96. The fraction of sp³-hybridized carbons (Fsp3) is 0.917. The highest BCUT2D eigenvalue weighted by atomic mass is 32.2. The van der Waals surface area contributed by atoms with Crippen LogP contribution < -0.4 is 10.6 Å². The van der Waals surface area contributed by atoms with Crippen LogP contribution in [0.4, 0.5) is 0 Å². The monoisotopic (exact) mass is 258 g/mol. The lowest BCUT2D eigenvalue weighted by Crippen LogP contribution is -2.48. The first-order valence-electron chi connectivity index (χ1n) is 6.54. The number of aliphatic hydroxyl groups is 1. The van der Waals surface area contributed by atoms with E-state index in [2.05, 4.69) is 10.6 Å². The number of aliphatic hydroxyl groups excluding tert-OH is 1. The molecule has 3 N–H and O–H groups in total. The summed E-state index contributed by atoms with van der Waals surface area (Å²) in [7, 11) is 0. The van der Waals surface area contributed by atoms with Crippen LogP contribution in [0.5, 0.6) is 0 Å². The smallest absolute Gasteiger partial charge is 0.221 e. The molecule has 1 heterocycles. The Morgan fingerprint density at radius 3 is 2.94 bits per heavy atom. The second kappa shape index (κ2) is 6.61. The quantitative estimate of drug-likeness (QED) is 0.690. The van der Waals surface area contributed by atoms with Gasteiger partial charge in [0.05, 0.1) is 12.1 Å². The number of nitrogens with one attached hydrogen (secondary N) is 2. The van der Waals surface area contributed by atoms with Gasteiger partial charge in [-0.25, -0.2) is 0 Å². The fourth-order valence-corrected chi connectivity index (χ4v) is 3.47. The summed E-state index contributed by atoms with van der Waals surface area (Å²) >= 11 is 1.90. The van der Waals surface area contributed by atoms with Crippen molar-refractivity contribution in [1.82, 2.24) is 10.6 Å². The van der Waals surface area contributed by atoms with Crippen LogP contribution in [0.3, 0.4) is 0 Å². The van der Waals surface area contributed by atoms with E-state index in [0.29, 0.717) is 12.5 Å². The second-order valence-corrected chi connectivity index (χ2v) is 6.11. The molecule has 0 aromatic rings. The summed E-state index contributed by atoms with van der Waals surface area (Å²) in [4.78, 5) is 11.9. The number of thioether (sulfide) groups is 1. The molecule has 0 radical (unpaired) electrons. The molecule has 1 saturated heterocycles. The van der Waals surface area contributed by atoms with Crippen molar-refractivity contribution >= 4 is 17.7 Å². The predicted molar refractivity (Wildman–Crippen MR) is 70.1 cm³/mol. The number of hydrogen-bond acceptors (Lipinski definition) is 4. The van der Waals surface area contributed by atoms with Gasteiger partial charge in [-0.15, -0.1) is 0 Å². The highest BCUT2D eigenvalue weighted by Crippen LogP contribution is 2.18. The molecule has 0 aromatic carbocycles. The largest absolute Gasteiger partial charge is 0.391 e. The van der Waals surface area contributed by atoms with E-state index in [1.807, 2.05) is 11.8 Å².